The molecule has 1 unspecified atom stereocenters. The van der Waals surface area contributed by atoms with E-state index in [2.05, 4.69) is 0 Å². The highest BCUT2D eigenvalue weighted by Gasteiger charge is 2.27. The minimum Gasteiger partial charge on any atom is -0.481 e. The lowest BCUT2D eigenvalue weighted by Crippen LogP contribution is -2.42. The predicted octanol–water partition coefficient (Wildman–Crippen LogP) is 1.71. The number of amides is 1. The molecule has 0 saturated carbocycles. The summed E-state index contributed by atoms with van der Waals surface area (Å²) in [5.74, 6) is -0.0796. The normalized spacial score (nSPS) is 19.7. The van der Waals surface area contributed by atoms with Gasteiger partial charge in [0.15, 0.2) is 0 Å². The summed E-state index contributed by atoms with van der Waals surface area (Å²) in [6.07, 6.45) is 1.78. The van der Waals surface area contributed by atoms with Crippen LogP contribution in [0, 0.1) is 5.92 Å². The first kappa shape index (κ1) is 12.5. The Kier molecular flexibility index (Phi) is 3.86. The van der Waals surface area contributed by atoms with Crippen LogP contribution >= 0.6 is 0 Å². The number of cyclic esters (lactones) is 1. The molecule has 2 rings (SSSR count). The van der Waals surface area contributed by atoms with Crippen LogP contribution in [0.1, 0.15) is 18.6 Å². The molecule has 98 valence electrons. The van der Waals surface area contributed by atoms with Crippen LogP contribution in [0.15, 0.2) is 22.8 Å². The lowest BCUT2D eigenvalue weighted by atomic mass is 10.0. The van der Waals surface area contributed by atoms with Gasteiger partial charge in [0.25, 0.3) is 0 Å². The Labute approximate surface area is 104 Å². The zero-order chi connectivity index (χ0) is 13.0. The number of hydrogen-bond acceptors (Lipinski definition) is 4. The van der Waals surface area contributed by atoms with Crippen LogP contribution in [-0.4, -0.2) is 35.2 Å². The second-order valence-electron chi connectivity index (χ2n) is 4.34. The van der Waals surface area contributed by atoms with E-state index in [4.69, 9.17) is 14.3 Å². The Balaban J connectivity index is 1.88. The SMILES string of the molecule is O=C(O)CCC1COC(=O)N(Cc2ccco2)C1. The third-order valence-corrected chi connectivity index (χ3v) is 2.87. The van der Waals surface area contributed by atoms with Crippen molar-refractivity contribution in [1.29, 1.82) is 0 Å². The molecule has 2 heterocycles. The fourth-order valence-corrected chi connectivity index (χ4v) is 1.94. The molecular weight excluding hydrogens is 238 g/mol. The molecule has 0 spiro atoms. The van der Waals surface area contributed by atoms with Crippen molar-refractivity contribution in [2.45, 2.75) is 19.4 Å². The molecule has 6 nitrogen and oxygen atoms in total. The van der Waals surface area contributed by atoms with Crippen molar-refractivity contribution >= 4 is 12.1 Å². The molecule has 0 radical (unpaired) electrons. The van der Waals surface area contributed by atoms with Gasteiger partial charge >= 0.3 is 12.1 Å². The maximum absolute atomic E-state index is 11.5. The average molecular weight is 253 g/mol. The van der Waals surface area contributed by atoms with Crippen LogP contribution in [0.2, 0.25) is 0 Å². The molecule has 0 aliphatic carbocycles. The fourth-order valence-electron chi connectivity index (χ4n) is 1.94. The summed E-state index contributed by atoms with van der Waals surface area (Å²) in [4.78, 5) is 23.6. The van der Waals surface area contributed by atoms with Gasteiger partial charge in [-0.3, -0.25) is 4.79 Å². The third kappa shape index (κ3) is 3.26. The van der Waals surface area contributed by atoms with E-state index in [0.717, 1.165) is 0 Å². The molecule has 1 aromatic heterocycles. The van der Waals surface area contributed by atoms with E-state index in [1.165, 1.54) is 4.90 Å². The fraction of sp³-hybridized carbons (Fsp3) is 0.500. The first-order valence-electron chi connectivity index (χ1n) is 5.81. The molecule has 0 aromatic carbocycles. The highest BCUT2D eigenvalue weighted by Crippen LogP contribution is 2.18. The van der Waals surface area contributed by atoms with Crippen molar-refractivity contribution in [3.05, 3.63) is 24.2 Å². The molecule has 1 saturated heterocycles. The molecule has 1 amide bonds. The maximum Gasteiger partial charge on any atom is 0.410 e. The number of carboxylic acids is 1. The number of aliphatic carboxylic acids is 1. The zero-order valence-corrected chi connectivity index (χ0v) is 9.87. The van der Waals surface area contributed by atoms with Crippen LogP contribution in [0.3, 0.4) is 0 Å². The zero-order valence-electron chi connectivity index (χ0n) is 9.87. The Morgan fingerprint density at radius 2 is 2.39 bits per heavy atom. The van der Waals surface area contributed by atoms with E-state index in [1.807, 2.05) is 0 Å². The first-order valence-corrected chi connectivity index (χ1v) is 5.81. The van der Waals surface area contributed by atoms with E-state index in [9.17, 15) is 9.59 Å². The largest absolute Gasteiger partial charge is 0.481 e. The molecule has 18 heavy (non-hydrogen) atoms. The summed E-state index contributed by atoms with van der Waals surface area (Å²) in [7, 11) is 0. The number of ether oxygens (including phenoxy) is 1. The minimum atomic E-state index is -0.829. The minimum absolute atomic E-state index is 0.0637. The van der Waals surface area contributed by atoms with Gasteiger partial charge in [0.2, 0.25) is 0 Å². The van der Waals surface area contributed by atoms with Crippen LogP contribution in [0.25, 0.3) is 0 Å². The number of carbonyl (C=O) groups is 2. The average Bonchev–Trinajstić information content (AvgIpc) is 2.83. The highest BCUT2D eigenvalue weighted by atomic mass is 16.6. The van der Waals surface area contributed by atoms with Gasteiger partial charge in [-0.1, -0.05) is 0 Å². The molecule has 0 bridgehead atoms. The van der Waals surface area contributed by atoms with Crippen molar-refractivity contribution in [2.75, 3.05) is 13.2 Å². The predicted molar refractivity (Wildman–Crippen MR) is 60.8 cm³/mol. The summed E-state index contributed by atoms with van der Waals surface area (Å²) >= 11 is 0. The van der Waals surface area contributed by atoms with Crippen molar-refractivity contribution in [3.63, 3.8) is 0 Å². The number of furan rings is 1. The van der Waals surface area contributed by atoms with Gasteiger partial charge in [-0.25, -0.2) is 4.79 Å². The van der Waals surface area contributed by atoms with Gasteiger partial charge < -0.3 is 19.2 Å². The van der Waals surface area contributed by atoms with E-state index in [-0.39, 0.29) is 18.4 Å². The van der Waals surface area contributed by atoms with Gasteiger partial charge in [-0.15, -0.1) is 0 Å². The van der Waals surface area contributed by atoms with Gasteiger partial charge in [-0.2, -0.15) is 0 Å². The van der Waals surface area contributed by atoms with Crippen LogP contribution < -0.4 is 0 Å². The molecular formula is C12H15NO5. The maximum atomic E-state index is 11.5. The second kappa shape index (κ2) is 5.57. The second-order valence-corrected chi connectivity index (χ2v) is 4.34. The Morgan fingerprint density at radius 3 is 3.06 bits per heavy atom. The summed E-state index contributed by atoms with van der Waals surface area (Å²) in [6.45, 7) is 1.16. The smallest absolute Gasteiger partial charge is 0.410 e. The van der Waals surface area contributed by atoms with Crippen molar-refractivity contribution in [3.8, 4) is 0 Å². The Bertz CT molecular complexity index is 414. The summed E-state index contributed by atoms with van der Waals surface area (Å²) in [5.41, 5.74) is 0. The molecule has 1 atom stereocenters. The van der Waals surface area contributed by atoms with E-state index < -0.39 is 5.97 Å². The van der Waals surface area contributed by atoms with E-state index >= 15 is 0 Å². The third-order valence-electron chi connectivity index (χ3n) is 2.87. The van der Waals surface area contributed by atoms with Crippen LogP contribution in [-0.2, 0) is 16.1 Å². The number of rotatable bonds is 5. The summed E-state index contributed by atoms with van der Waals surface area (Å²) in [5, 5.41) is 8.63. The quantitative estimate of drug-likeness (QED) is 0.864. The number of nitrogens with zero attached hydrogens (tertiary/aromatic N) is 1. The lowest BCUT2D eigenvalue weighted by molar-refractivity contribution is -0.137. The highest BCUT2D eigenvalue weighted by molar-refractivity contribution is 5.68. The molecule has 1 aliphatic heterocycles. The molecule has 1 aromatic rings. The van der Waals surface area contributed by atoms with E-state index in [1.54, 1.807) is 18.4 Å². The van der Waals surface area contributed by atoms with Crippen molar-refractivity contribution in [2.24, 2.45) is 5.92 Å². The van der Waals surface area contributed by atoms with Crippen LogP contribution in [0.5, 0.6) is 0 Å². The van der Waals surface area contributed by atoms with Gasteiger partial charge in [0.1, 0.15) is 5.76 Å². The summed E-state index contributed by atoms with van der Waals surface area (Å²) < 4.78 is 10.2. The molecule has 1 N–H and O–H groups in total. The molecule has 1 aliphatic rings. The molecule has 6 heteroatoms. The van der Waals surface area contributed by atoms with Crippen LogP contribution in [0.4, 0.5) is 4.79 Å². The van der Waals surface area contributed by atoms with Crippen molar-refractivity contribution < 1.29 is 23.8 Å². The van der Waals surface area contributed by atoms with Gasteiger partial charge in [-0.05, 0) is 18.6 Å². The Hall–Kier alpha value is -1.98. The number of carbonyl (C=O) groups excluding carboxylic acids is 1. The molecule has 1 fully saturated rings. The first-order chi connectivity index (χ1) is 8.65. The monoisotopic (exact) mass is 253 g/mol. The summed E-state index contributed by atoms with van der Waals surface area (Å²) in [6, 6.07) is 3.54. The standard InChI is InChI=1S/C12H15NO5/c14-11(15)4-3-9-6-13(12(16)18-8-9)7-10-2-1-5-17-10/h1-2,5,9H,3-4,6-8H2,(H,14,15). The van der Waals surface area contributed by atoms with Gasteiger partial charge in [0.05, 0.1) is 19.4 Å². The van der Waals surface area contributed by atoms with E-state index in [0.29, 0.717) is 31.9 Å². The number of hydrogen-bond donors (Lipinski definition) is 1. The Morgan fingerprint density at radius 1 is 1.56 bits per heavy atom. The van der Waals surface area contributed by atoms with Crippen molar-refractivity contribution in [1.82, 2.24) is 4.90 Å². The lowest BCUT2D eigenvalue weighted by Gasteiger charge is -2.31. The van der Waals surface area contributed by atoms with Gasteiger partial charge in [0, 0.05) is 18.9 Å². The number of carboxylic acid groups (broad SMARTS) is 1. The topological polar surface area (TPSA) is 80.0 Å².